The molecule has 1 atom stereocenters. The minimum absolute atomic E-state index is 0.0795. The van der Waals surface area contributed by atoms with Gasteiger partial charge in [-0.3, -0.25) is 4.79 Å². The lowest BCUT2D eigenvalue weighted by Gasteiger charge is -2.10. The predicted octanol–water partition coefficient (Wildman–Crippen LogP) is 2.56. The molecule has 1 heterocycles. The van der Waals surface area contributed by atoms with Crippen LogP contribution in [0, 0.1) is 5.92 Å². The van der Waals surface area contributed by atoms with Crippen molar-refractivity contribution in [3.05, 3.63) is 29.8 Å². The molecule has 0 aliphatic carbocycles. The van der Waals surface area contributed by atoms with Crippen molar-refractivity contribution >= 4 is 15.6 Å². The molecule has 0 bridgehead atoms. The maximum atomic E-state index is 12.0. The molecule has 1 aliphatic rings. The summed E-state index contributed by atoms with van der Waals surface area (Å²) in [4.78, 5) is 12.2. The summed E-state index contributed by atoms with van der Waals surface area (Å²) in [6.07, 6.45) is 0.868. The van der Waals surface area contributed by atoms with Crippen molar-refractivity contribution in [1.29, 1.82) is 0 Å². The fraction of sp³-hybridized carbons (Fsp3) is 0.500. The SMILES string of the molecule is CC(C)CC(=O)CC1CS(=O)(=O)c2ccccc21. The maximum Gasteiger partial charge on any atom is 0.179 e. The molecule has 0 N–H and O–H groups in total. The van der Waals surface area contributed by atoms with Gasteiger partial charge in [0.05, 0.1) is 10.6 Å². The molecule has 4 heteroatoms. The van der Waals surface area contributed by atoms with Gasteiger partial charge in [0.15, 0.2) is 9.84 Å². The first kappa shape index (κ1) is 13.3. The average molecular weight is 266 g/mol. The van der Waals surface area contributed by atoms with Gasteiger partial charge in [-0.05, 0) is 17.5 Å². The number of hydrogen-bond acceptors (Lipinski definition) is 3. The Balaban J connectivity index is 2.21. The van der Waals surface area contributed by atoms with E-state index in [4.69, 9.17) is 0 Å². The summed E-state index contributed by atoms with van der Waals surface area (Å²) in [7, 11) is -3.18. The summed E-state index contributed by atoms with van der Waals surface area (Å²) >= 11 is 0. The van der Waals surface area contributed by atoms with Crippen molar-refractivity contribution in [3.8, 4) is 0 Å². The van der Waals surface area contributed by atoms with Crippen LogP contribution in [0.4, 0.5) is 0 Å². The number of rotatable bonds is 4. The van der Waals surface area contributed by atoms with Crippen LogP contribution < -0.4 is 0 Å². The topological polar surface area (TPSA) is 51.2 Å². The summed E-state index contributed by atoms with van der Waals surface area (Å²) in [6.45, 7) is 3.99. The molecule has 18 heavy (non-hydrogen) atoms. The number of fused-ring (bicyclic) bond motifs is 1. The van der Waals surface area contributed by atoms with Crippen molar-refractivity contribution < 1.29 is 13.2 Å². The zero-order chi connectivity index (χ0) is 13.3. The molecule has 0 amide bonds. The third-order valence-corrected chi connectivity index (χ3v) is 5.11. The molecule has 0 spiro atoms. The van der Waals surface area contributed by atoms with Crippen LogP contribution in [-0.2, 0) is 14.6 Å². The Bertz CT molecular complexity index is 558. The highest BCUT2D eigenvalue weighted by atomic mass is 32.2. The van der Waals surface area contributed by atoms with E-state index in [1.807, 2.05) is 26.0 Å². The van der Waals surface area contributed by atoms with Gasteiger partial charge >= 0.3 is 0 Å². The Morgan fingerprint density at radius 2 is 2.00 bits per heavy atom. The minimum Gasteiger partial charge on any atom is -0.300 e. The fourth-order valence-corrected chi connectivity index (χ4v) is 4.41. The normalized spacial score (nSPS) is 20.9. The molecule has 0 saturated carbocycles. The Hall–Kier alpha value is -1.16. The van der Waals surface area contributed by atoms with Crippen molar-refractivity contribution in [3.63, 3.8) is 0 Å². The number of sulfone groups is 1. The first-order valence-electron chi connectivity index (χ1n) is 6.23. The molecule has 98 valence electrons. The predicted molar refractivity (Wildman–Crippen MR) is 70.3 cm³/mol. The van der Waals surface area contributed by atoms with Crippen LogP contribution in [0.1, 0.15) is 38.2 Å². The molecule has 2 rings (SSSR count). The second kappa shape index (κ2) is 4.84. The Labute approximate surface area is 108 Å². The second-order valence-corrected chi connectivity index (χ2v) is 7.36. The minimum atomic E-state index is -3.18. The molecule has 1 aromatic carbocycles. The maximum absolute atomic E-state index is 12.0. The highest BCUT2D eigenvalue weighted by Crippen LogP contribution is 2.37. The lowest BCUT2D eigenvalue weighted by atomic mass is 9.93. The van der Waals surface area contributed by atoms with Crippen LogP contribution in [0.2, 0.25) is 0 Å². The number of hydrogen-bond donors (Lipinski definition) is 0. The fourth-order valence-electron chi connectivity index (χ4n) is 2.53. The van der Waals surface area contributed by atoms with E-state index >= 15 is 0 Å². The highest BCUT2D eigenvalue weighted by molar-refractivity contribution is 7.91. The van der Waals surface area contributed by atoms with Crippen molar-refractivity contribution in [2.45, 2.75) is 37.5 Å². The molecule has 1 aromatic rings. The number of Topliss-reactive ketones (excluding diaryl/α,β-unsaturated/α-hetero) is 1. The van der Waals surface area contributed by atoms with Crippen LogP contribution >= 0.6 is 0 Å². The molecule has 3 nitrogen and oxygen atoms in total. The van der Waals surface area contributed by atoms with Gasteiger partial charge in [0.1, 0.15) is 5.78 Å². The van der Waals surface area contributed by atoms with Gasteiger partial charge < -0.3 is 0 Å². The van der Waals surface area contributed by atoms with Gasteiger partial charge in [0.2, 0.25) is 0 Å². The Morgan fingerprint density at radius 3 is 2.67 bits per heavy atom. The summed E-state index contributed by atoms with van der Waals surface area (Å²) in [5, 5.41) is 0. The lowest BCUT2D eigenvalue weighted by molar-refractivity contribution is -0.120. The van der Waals surface area contributed by atoms with E-state index in [2.05, 4.69) is 0 Å². The molecule has 0 radical (unpaired) electrons. The smallest absolute Gasteiger partial charge is 0.179 e. The third-order valence-electron chi connectivity index (χ3n) is 3.22. The highest BCUT2D eigenvalue weighted by Gasteiger charge is 2.35. The van der Waals surface area contributed by atoms with Gasteiger partial charge in [-0.1, -0.05) is 32.0 Å². The molecular weight excluding hydrogens is 248 g/mol. The average Bonchev–Trinajstić information content (AvgIpc) is 2.50. The summed E-state index contributed by atoms with van der Waals surface area (Å²) in [5.41, 5.74) is 0.814. The molecule has 0 aromatic heterocycles. The van der Waals surface area contributed by atoms with Crippen LogP contribution in [0.15, 0.2) is 29.2 Å². The van der Waals surface area contributed by atoms with Crippen molar-refractivity contribution in [2.75, 3.05) is 5.75 Å². The zero-order valence-corrected chi connectivity index (χ0v) is 11.5. The number of carbonyl (C=O) groups is 1. The number of benzene rings is 1. The first-order chi connectivity index (χ1) is 8.40. The van der Waals surface area contributed by atoms with E-state index in [0.29, 0.717) is 23.7 Å². The molecular formula is C14H18O3S. The van der Waals surface area contributed by atoms with E-state index in [1.54, 1.807) is 12.1 Å². The van der Waals surface area contributed by atoms with Crippen LogP contribution in [0.5, 0.6) is 0 Å². The van der Waals surface area contributed by atoms with Crippen LogP contribution in [0.3, 0.4) is 0 Å². The van der Waals surface area contributed by atoms with Gasteiger partial charge in [-0.15, -0.1) is 0 Å². The number of ketones is 1. The molecule has 0 fully saturated rings. The molecule has 0 saturated heterocycles. The Kier molecular flexibility index (Phi) is 3.57. The van der Waals surface area contributed by atoms with E-state index in [9.17, 15) is 13.2 Å². The summed E-state index contributed by atoms with van der Waals surface area (Å²) in [6, 6.07) is 7.03. The van der Waals surface area contributed by atoms with E-state index in [0.717, 1.165) is 5.56 Å². The zero-order valence-electron chi connectivity index (χ0n) is 10.7. The largest absolute Gasteiger partial charge is 0.300 e. The summed E-state index contributed by atoms with van der Waals surface area (Å²) < 4.78 is 23.9. The van der Waals surface area contributed by atoms with Crippen LogP contribution in [-0.4, -0.2) is 20.0 Å². The first-order valence-corrected chi connectivity index (χ1v) is 7.89. The van der Waals surface area contributed by atoms with Crippen LogP contribution in [0.25, 0.3) is 0 Å². The van der Waals surface area contributed by atoms with Gasteiger partial charge in [-0.25, -0.2) is 8.42 Å². The summed E-state index contributed by atoms with van der Waals surface area (Å²) in [5.74, 6) is 0.404. The Morgan fingerprint density at radius 1 is 1.33 bits per heavy atom. The van der Waals surface area contributed by atoms with E-state index in [-0.39, 0.29) is 17.5 Å². The standard InChI is InChI=1S/C14H18O3S/c1-10(2)7-12(15)8-11-9-18(16,17)14-6-4-3-5-13(11)14/h3-6,10-11H,7-9H2,1-2H3. The lowest BCUT2D eigenvalue weighted by Crippen LogP contribution is -2.11. The van der Waals surface area contributed by atoms with Gasteiger partial charge in [0.25, 0.3) is 0 Å². The molecule has 1 unspecified atom stereocenters. The van der Waals surface area contributed by atoms with Gasteiger partial charge in [0, 0.05) is 18.8 Å². The monoisotopic (exact) mass is 266 g/mol. The van der Waals surface area contributed by atoms with Gasteiger partial charge in [-0.2, -0.15) is 0 Å². The quantitative estimate of drug-likeness (QED) is 0.841. The van der Waals surface area contributed by atoms with E-state index < -0.39 is 9.84 Å². The third kappa shape index (κ3) is 2.64. The van der Waals surface area contributed by atoms with E-state index in [1.165, 1.54) is 0 Å². The van der Waals surface area contributed by atoms with Crippen molar-refractivity contribution in [1.82, 2.24) is 0 Å². The molecule has 1 aliphatic heterocycles. The second-order valence-electron chi connectivity index (χ2n) is 5.36. The van der Waals surface area contributed by atoms with Crippen molar-refractivity contribution in [2.24, 2.45) is 5.92 Å². The number of carbonyl (C=O) groups excluding carboxylic acids is 1.